The van der Waals surface area contributed by atoms with Crippen molar-refractivity contribution < 1.29 is 0 Å². The number of hydrogen-bond acceptors (Lipinski definition) is 0. The topological polar surface area (TPSA) is 0 Å². The van der Waals surface area contributed by atoms with Crippen LogP contribution in [-0.2, 0) is 0 Å². The van der Waals surface area contributed by atoms with Gasteiger partial charge in [0.2, 0.25) is 0 Å². The average molecular weight is 533 g/mol. The highest BCUT2D eigenvalue weighted by Crippen LogP contribution is 2.45. The summed E-state index contributed by atoms with van der Waals surface area (Å²) in [5.41, 5.74) is 9.90. The van der Waals surface area contributed by atoms with E-state index in [0.29, 0.717) is 0 Å². The zero-order valence-corrected chi connectivity index (χ0v) is 23.2. The molecule has 8 aromatic carbocycles. The van der Waals surface area contributed by atoms with Gasteiger partial charge < -0.3 is 0 Å². The molecule has 0 aliphatic carbocycles. The molecule has 0 aliphatic rings. The molecule has 42 heavy (non-hydrogen) atoms. The highest BCUT2D eigenvalue weighted by atomic mass is 14.2. The molecule has 0 N–H and O–H groups in total. The first-order valence-corrected chi connectivity index (χ1v) is 14.5. The molecule has 0 nitrogen and oxygen atoms in total. The molecular formula is C42H28. The number of hydrogen-bond donors (Lipinski definition) is 0. The molecule has 8 rings (SSSR count). The summed E-state index contributed by atoms with van der Waals surface area (Å²) in [6, 6.07) is 59.3. The van der Waals surface area contributed by atoms with E-state index in [1.807, 2.05) is 0 Å². The second-order valence-corrected chi connectivity index (χ2v) is 10.9. The second kappa shape index (κ2) is 10.2. The Balaban J connectivity index is 1.47. The first-order chi connectivity index (χ1) is 20.8. The van der Waals surface area contributed by atoms with E-state index in [2.05, 4.69) is 170 Å². The Bertz CT molecular complexity index is 2090. The third kappa shape index (κ3) is 4.08. The third-order valence-corrected chi connectivity index (χ3v) is 8.45. The second-order valence-electron chi connectivity index (χ2n) is 10.9. The Morgan fingerprint density at radius 1 is 0.381 bits per heavy atom. The van der Waals surface area contributed by atoms with Crippen LogP contribution in [0.1, 0.15) is 16.7 Å². The average Bonchev–Trinajstić information content (AvgIpc) is 3.08. The molecule has 0 unspecified atom stereocenters. The summed E-state index contributed by atoms with van der Waals surface area (Å²) in [7, 11) is 0. The standard InChI is InChI=1S/C42H28/c1-5-13-29(14-6-1)38(30-15-7-2-8-16-30)27-34-22-21-33-23-24-36-39(31-17-9-3-10-18-31)28-40(32-19-11-4-12-20-32)37-26-25-35(34)41(33)42(36)37/h1-28H. The van der Waals surface area contributed by atoms with E-state index >= 15 is 0 Å². The van der Waals surface area contributed by atoms with Crippen molar-refractivity contribution in [3.05, 3.63) is 180 Å². The van der Waals surface area contributed by atoms with Crippen molar-refractivity contribution >= 4 is 44.0 Å². The lowest BCUT2D eigenvalue weighted by Crippen LogP contribution is -1.93. The molecular weight excluding hydrogens is 504 g/mol. The van der Waals surface area contributed by atoms with Gasteiger partial charge in [0.15, 0.2) is 0 Å². The van der Waals surface area contributed by atoms with Gasteiger partial charge in [-0.25, -0.2) is 0 Å². The summed E-state index contributed by atoms with van der Waals surface area (Å²) in [6.07, 6.45) is 2.37. The summed E-state index contributed by atoms with van der Waals surface area (Å²) in [4.78, 5) is 0. The molecule has 0 aliphatic heterocycles. The molecule has 196 valence electrons. The van der Waals surface area contributed by atoms with E-state index in [0.717, 1.165) is 0 Å². The summed E-state index contributed by atoms with van der Waals surface area (Å²) < 4.78 is 0. The minimum Gasteiger partial charge on any atom is -0.0622 e. The summed E-state index contributed by atoms with van der Waals surface area (Å²) in [5, 5.41) is 7.79. The van der Waals surface area contributed by atoms with Gasteiger partial charge in [-0.15, -0.1) is 0 Å². The van der Waals surface area contributed by atoms with E-state index in [9.17, 15) is 0 Å². The smallest absolute Gasteiger partial charge is 0.00141 e. The van der Waals surface area contributed by atoms with E-state index in [-0.39, 0.29) is 0 Å². The predicted octanol–water partition coefficient (Wildman–Crippen LogP) is 11.5. The first-order valence-electron chi connectivity index (χ1n) is 14.5. The predicted molar refractivity (Wildman–Crippen MR) is 181 cm³/mol. The fraction of sp³-hybridized carbons (Fsp3) is 0. The van der Waals surface area contributed by atoms with Crippen molar-refractivity contribution in [2.45, 2.75) is 0 Å². The van der Waals surface area contributed by atoms with Crippen molar-refractivity contribution in [2.24, 2.45) is 0 Å². The maximum absolute atomic E-state index is 2.39. The molecule has 0 heteroatoms. The molecule has 0 aromatic heterocycles. The minimum atomic E-state index is 1.21. The van der Waals surface area contributed by atoms with Crippen LogP contribution in [-0.4, -0.2) is 0 Å². The molecule has 0 saturated heterocycles. The van der Waals surface area contributed by atoms with E-state index in [1.54, 1.807) is 0 Å². The quantitative estimate of drug-likeness (QED) is 0.153. The summed E-state index contributed by atoms with van der Waals surface area (Å²) in [5.74, 6) is 0. The van der Waals surface area contributed by atoms with Crippen molar-refractivity contribution in [3.63, 3.8) is 0 Å². The Labute approximate surface area is 246 Å². The van der Waals surface area contributed by atoms with Crippen LogP contribution >= 0.6 is 0 Å². The third-order valence-electron chi connectivity index (χ3n) is 8.45. The normalized spacial score (nSPS) is 11.3. The molecule has 8 aromatic rings. The maximum Gasteiger partial charge on any atom is -0.00141 e. The van der Waals surface area contributed by atoms with Crippen LogP contribution in [0.25, 0.3) is 66.2 Å². The Hall–Kier alpha value is -5.46. The molecule has 0 bridgehead atoms. The van der Waals surface area contributed by atoms with Crippen molar-refractivity contribution in [1.82, 2.24) is 0 Å². The van der Waals surface area contributed by atoms with Gasteiger partial charge in [0, 0.05) is 0 Å². The highest BCUT2D eigenvalue weighted by molar-refractivity contribution is 6.29. The van der Waals surface area contributed by atoms with E-state index in [1.165, 1.54) is 76.8 Å². The van der Waals surface area contributed by atoms with Crippen LogP contribution in [0.15, 0.2) is 164 Å². The Morgan fingerprint density at radius 2 is 0.833 bits per heavy atom. The molecule has 0 saturated carbocycles. The number of benzene rings is 8. The molecule has 0 heterocycles. The van der Waals surface area contributed by atoms with Crippen LogP contribution in [0.5, 0.6) is 0 Å². The lowest BCUT2D eigenvalue weighted by atomic mass is 9.84. The van der Waals surface area contributed by atoms with Gasteiger partial charge in [-0.3, -0.25) is 0 Å². The van der Waals surface area contributed by atoms with Gasteiger partial charge in [-0.1, -0.05) is 158 Å². The van der Waals surface area contributed by atoms with Gasteiger partial charge in [-0.2, -0.15) is 0 Å². The Morgan fingerprint density at radius 3 is 1.38 bits per heavy atom. The van der Waals surface area contributed by atoms with E-state index in [4.69, 9.17) is 0 Å². The van der Waals surface area contributed by atoms with Gasteiger partial charge in [0.05, 0.1) is 0 Å². The molecule has 0 amide bonds. The van der Waals surface area contributed by atoms with Crippen LogP contribution < -0.4 is 0 Å². The Kier molecular flexibility index (Phi) is 5.90. The monoisotopic (exact) mass is 532 g/mol. The first kappa shape index (κ1) is 24.3. The lowest BCUT2D eigenvalue weighted by molar-refractivity contribution is 1.56. The minimum absolute atomic E-state index is 1.21. The van der Waals surface area contributed by atoms with Crippen LogP contribution in [0, 0.1) is 0 Å². The molecule has 0 fully saturated rings. The SMILES string of the molecule is C(=C(c1ccccc1)c1ccccc1)c1ccc2ccc3c(-c4ccccc4)cc(-c4ccccc4)c4ccc1c2c34. The highest BCUT2D eigenvalue weighted by Gasteiger charge is 2.18. The molecule has 0 radical (unpaired) electrons. The lowest BCUT2D eigenvalue weighted by Gasteiger charge is -2.19. The van der Waals surface area contributed by atoms with Crippen molar-refractivity contribution in [3.8, 4) is 22.3 Å². The fourth-order valence-electron chi connectivity index (χ4n) is 6.48. The van der Waals surface area contributed by atoms with Crippen molar-refractivity contribution in [1.29, 1.82) is 0 Å². The maximum atomic E-state index is 2.39. The molecule has 0 atom stereocenters. The van der Waals surface area contributed by atoms with Gasteiger partial charge in [-0.05, 0) is 89.0 Å². The van der Waals surface area contributed by atoms with Gasteiger partial charge >= 0.3 is 0 Å². The number of rotatable bonds is 5. The van der Waals surface area contributed by atoms with Gasteiger partial charge in [0.1, 0.15) is 0 Å². The van der Waals surface area contributed by atoms with Gasteiger partial charge in [0.25, 0.3) is 0 Å². The molecule has 0 spiro atoms. The summed E-state index contributed by atoms with van der Waals surface area (Å²) >= 11 is 0. The zero-order chi connectivity index (χ0) is 27.9. The fourth-order valence-corrected chi connectivity index (χ4v) is 6.48. The van der Waals surface area contributed by atoms with Crippen LogP contribution in [0.4, 0.5) is 0 Å². The van der Waals surface area contributed by atoms with Crippen LogP contribution in [0.3, 0.4) is 0 Å². The van der Waals surface area contributed by atoms with E-state index < -0.39 is 0 Å². The largest absolute Gasteiger partial charge is 0.0622 e. The van der Waals surface area contributed by atoms with Crippen LogP contribution in [0.2, 0.25) is 0 Å². The van der Waals surface area contributed by atoms with Crippen molar-refractivity contribution in [2.75, 3.05) is 0 Å². The summed E-state index contributed by atoms with van der Waals surface area (Å²) in [6.45, 7) is 0. The zero-order valence-electron chi connectivity index (χ0n) is 23.2.